The zero-order chi connectivity index (χ0) is 18.7. The van der Waals surface area contributed by atoms with Gasteiger partial charge < -0.3 is 9.30 Å². The number of nitrogens with zero attached hydrogens (tertiary/aromatic N) is 1. The van der Waals surface area contributed by atoms with Crippen molar-refractivity contribution in [2.75, 3.05) is 6.61 Å². The predicted molar refractivity (Wildman–Crippen MR) is 98.5 cm³/mol. The van der Waals surface area contributed by atoms with Crippen LogP contribution in [0.2, 0.25) is 0 Å². The Labute approximate surface area is 154 Å². The van der Waals surface area contributed by atoms with Gasteiger partial charge in [0.25, 0.3) is 0 Å². The molecule has 2 heterocycles. The van der Waals surface area contributed by atoms with E-state index in [9.17, 15) is 14.0 Å². The Kier molecular flexibility index (Phi) is 5.32. The molecule has 0 amide bonds. The average Bonchev–Trinajstić information content (AvgIpc) is 3.22. The van der Waals surface area contributed by atoms with Crippen LogP contribution < -0.4 is 0 Å². The molecular weight excluding hydrogens is 353 g/mol. The number of halogens is 1. The van der Waals surface area contributed by atoms with Gasteiger partial charge in [-0.25, -0.2) is 4.39 Å². The molecule has 134 valence electrons. The molecular formula is C20H18FNO3S. The highest BCUT2D eigenvalue weighted by Gasteiger charge is 2.19. The van der Waals surface area contributed by atoms with Crippen LogP contribution in [0.1, 0.15) is 27.3 Å². The van der Waals surface area contributed by atoms with Crippen LogP contribution in [0.3, 0.4) is 0 Å². The first-order valence-corrected chi connectivity index (χ1v) is 9.05. The molecule has 0 fully saturated rings. The average molecular weight is 371 g/mol. The molecule has 0 N–H and O–H groups in total. The Morgan fingerprint density at radius 1 is 1.19 bits per heavy atom. The quantitative estimate of drug-likeness (QED) is 0.480. The first-order valence-electron chi connectivity index (χ1n) is 8.11. The van der Waals surface area contributed by atoms with Gasteiger partial charge in [0.15, 0.2) is 6.61 Å². The third kappa shape index (κ3) is 3.75. The Bertz CT molecular complexity index is 944. The lowest BCUT2D eigenvalue weighted by Gasteiger charge is -2.10. The minimum absolute atomic E-state index is 0.144. The van der Waals surface area contributed by atoms with Crippen LogP contribution in [0.15, 0.2) is 47.2 Å². The summed E-state index contributed by atoms with van der Waals surface area (Å²) < 4.78 is 20.9. The monoisotopic (exact) mass is 371 g/mol. The number of hydrogen-bond acceptors (Lipinski definition) is 4. The lowest BCUT2D eigenvalue weighted by molar-refractivity contribution is -0.141. The highest BCUT2D eigenvalue weighted by Crippen LogP contribution is 2.23. The lowest BCUT2D eigenvalue weighted by atomic mass is 10.1. The summed E-state index contributed by atoms with van der Waals surface area (Å²) in [6.45, 7) is 3.23. The molecule has 0 aliphatic heterocycles. The molecule has 0 aliphatic rings. The fourth-order valence-electron chi connectivity index (χ4n) is 2.88. The zero-order valence-electron chi connectivity index (χ0n) is 14.5. The molecule has 3 aromatic rings. The number of rotatable bonds is 6. The molecule has 0 atom stereocenters. The summed E-state index contributed by atoms with van der Waals surface area (Å²) in [5.74, 6) is -1.12. The van der Waals surface area contributed by atoms with E-state index in [1.807, 2.05) is 16.8 Å². The molecule has 6 heteroatoms. The van der Waals surface area contributed by atoms with Crippen molar-refractivity contribution in [1.82, 2.24) is 4.57 Å². The van der Waals surface area contributed by atoms with Gasteiger partial charge in [0.1, 0.15) is 5.82 Å². The molecule has 4 nitrogen and oxygen atoms in total. The molecule has 0 unspecified atom stereocenters. The van der Waals surface area contributed by atoms with Crippen LogP contribution >= 0.6 is 11.3 Å². The second-order valence-corrected chi connectivity index (χ2v) is 6.74. The minimum Gasteiger partial charge on any atom is -0.457 e. The highest BCUT2D eigenvalue weighted by molar-refractivity contribution is 7.08. The van der Waals surface area contributed by atoms with E-state index in [0.29, 0.717) is 16.9 Å². The number of hydrogen-bond donors (Lipinski definition) is 0. The first-order chi connectivity index (χ1) is 12.5. The molecule has 3 rings (SSSR count). The summed E-state index contributed by atoms with van der Waals surface area (Å²) in [5, 5.41) is 3.75. The van der Waals surface area contributed by atoms with E-state index < -0.39 is 5.97 Å². The summed E-state index contributed by atoms with van der Waals surface area (Å²) in [7, 11) is 0. The largest absolute Gasteiger partial charge is 0.457 e. The molecule has 0 saturated carbocycles. The van der Waals surface area contributed by atoms with Gasteiger partial charge in [-0.05, 0) is 54.4 Å². The summed E-state index contributed by atoms with van der Waals surface area (Å²) >= 11 is 1.50. The van der Waals surface area contributed by atoms with Crippen molar-refractivity contribution in [2.24, 2.45) is 0 Å². The highest BCUT2D eigenvalue weighted by atomic mass is 32.1. The van der Waals surface area contributed by atoms with E-state index in [1.165, 1.54) is 17.4 Å². The predicted octanol–water partition coefficient (Wildman–Crippen LogP) is 4.26. The minimum atomic E-state index is -0.445. The molecule has 0 saturated heterocycles. The standard InChI is InChI=1S/C20H18FNO3S/c1-13-9-16(14(2)22(13)18-6-4-3-5-17(18)21)19(23)11-25-20(24)10-15-7-8-26-12-15/h3-9,12H,10-11H2,1-2H3. The number of thiophene rings is 1. The molecule has 0 spiro atoms. The second-order valence-electron chi connectivity index (χ2n) is 5.96. The van der Waals surface area contributed by atoms with Crippen molar-refractivity contribution in [3.05, 3.63) is 75.5 Å². The summed E-state index contributed by atoms with van der Waals surface area (Å²) in [6, 6.07) is 9.93. The van der Waals surface area contributed by atoms with Crippen molar-refractivity contribution in [3.8, 4) is 5.69 Å². The third-order valence-electron chi connectivity index (χ3n) is 4.12. The SMILES string of the molecule is Cc1cc(C(=O)COC(=O)Cc2ccsc2)c(C)n1-c1ccccc1F. The van der Waals surface area contributed by atoms with Gasteiger partial charge in [-0.15, -0.1) is 0 Å². The molecule has 1 aromatic carbocycles. The molecule has 2 aromatic heterocycles. The van der Waals surface area contributed by atoms with Gasteiger partial charge in [-0.1, -0.05) is 12.1 Å². The van der Waals surface area contributed by atoms with Crippen molar-refractivity contribution >= 4 is 23.1 Å². The number of carbonyl (C=O) groups excluding carboxylic acids is 2. The van der Waals surface area contributed by atoms with E-state index in [-0.39, 0.29) is 24.6 Å². The zero-order valence-corrected chi connectivity index (χ0v) is 15.3. The number of para-hydroxylation sites is 1. The summed E-state index contributed by atoms with van der Waals surface area (Å²) in [5.41, 5.74) is 3.03. The number of benzene rings is 1. The molecule has 0 bridgehead atoms. The van der Waals surface area contributed by atoms with Gasteiger partial charge in [-0.3, -0.25) is 9.59 Å². The number of aryl methyl sites for hydroxylation is 1. The van der Waals surface area contributed by atoms with Crippen molar-refractivity contribution in [1.29, 1.82) is 0 Å². The van der Waals surface area contributed by atoms with E-state index in [4.69, 9.17) is 4.74 Å². The maximum absolute atomic E-state index is 14.1. The van der Waals surface area contributed by atoms with Crippen LogP contribution in [0.4, 0.5) is 4.39 Å². The topological polar surface area (TPSA) is 48.3 Å². The Morgan fingerprint density at radius 2 is 1.96 bits per heavy atom. The number of ether oxygens (including phenoxy) is 1. The van der Waals surface area contributed by atoms with Crippen LogP contribution in [0, 0.1) is 19.7 Å². The van der Waals surface area contributed by atoms with Gasteiger partial charge in [0.05, 0.1) is 12.1 Å². The van der Waals surface area contributed by atoms with E-state index in [2.05, 4.69) is 0 Å². The number of aromatic nitrogens is 1. The normalized spacial score (nSPS) is 10.7. The summed E-state index contributed by atoms with van der Waals surface area (Å²) in [6.07, 6.45) is 0.144. The second kappa shape index (κ2) is 7.66. The smallest absolute Gasteiger partial charge is 0.310 e. The number of Topliss-reactive ketones (excluding diaryl/α,β-unsaturated/α-hetero) is 1. The maximum Gasteiger partial charge on any atom is 0.310 e. The third-order valence-corrected chi connectivity index (χ3v) is 4.85. The molecule has 0 aliphatic carbocycles. The first kappa shape index (κ1) is 18.1. The Balaban J connectivity index is 1.73. The van der Waals surface area contributed by atoms with E-state index >= 15 is 0 Å². The van der Waals surface area contributed by atoms with E-state index in [0.717, 1.165) is 11.3 Å². The summed E-state index contributed by atoms with van der Waals surface area (Å²) in [4.78, 5) is 24.3. The number of carbonyl (C=O) groups is 2. The lowest BCUT2D eigenvalue weighted by Crippen LogP contribution is -2.16. The number of ketones is 1. The fourth-order valence-corrected chi connectivity index (χ4v) is 3.55. The Morgan fingerprint density at radius 3 is 2.65 bits per heavy atom. The van der Waals surface area contributed by atoms with Crippen LogP contribution in [-0.2, 0) is 16.0 Å². The van der Waals surface area contributed by atoms with Crippen LogP contribution in [-0.4, -0.2) is 22.9 Å². The van der Waals surface area contributed by atoms with Gasteiger partial charge in [-0.2, -0.15) is 11.3 Å². The van der Waals surface area contributed by atoms with Crippen LogP contribution in [0.5, 0.6) is 0 Å². The molecule has 0 radical (unpaired) electrons. The van der Waals surface area contributed by atoms with E-state index in [1.54, 1.807) is 42.7 Å². The van der Waals surface area contributed by atoms with Crippen molar-refractivity contribution in [2.45, 2.75) is 20.3 Å². The maximum atomic E-state index is 14.1. The van der Waals surface area contributed by atoms with Gasteiger partial charge in [0, 0.05) is 17.0 Å². The van der Waals surface area contributed by atoms with Crippen molar-refractivity contribution < 1.29 is 18.7 Å². The Hall–Kier alpha value is -2.73. The van der Waals surface area contributed by atoms with Gasteiger partial charge >= 0.3 is 5.97 Å². The van der Waals surface area contributed by atoms with Crippen molar-refractivity contribution in [3.63, 3.8) is 0 Å². The molecule has 26 heavy (non-hydrogen) atoms. The number of esters is 1. The van der Waals surface area contributed by atoms with Crippen LogP contribution in [0.25, 0.3) is 5.69 Å². The van der Waals surface area contributed by atoms with Gasteiger partial charge in [0.2, 0.25) is 5.78 Å². The fraction of sp³-hybridized carbons (Fsp3) is 0.200.